The van der Waals surface area contributed by atoms with Crippen molar-refractivity contribution < 1.29 is 24.1 Å². The van der Waals surface area contributed by atoms with Gasteiger partial charge in [0.2, 0.25) is 6.29 Å². The highest BCUT2D eigenvalue weighted by molar-refractivity contribution is 7.08. The number of aliphatic hydroxyl groups excluding tert-OH is 1. The van der Waals surface area contributed by atoms with Gasteiger partial charge in [0.15, 0.2) is 5.76 Å². The highest BCUT2D eigenvalue weighted by atomic mass is 32.1. The maximum Gasteiger partial charge on any atom is 0.288 e. The molecule has 1 aromatic rings. The standard InChI is InChI=1S/C21H31NO5S/c1-22(18-5-3-2-4-6-18)21(24)19-13-17(16-7-12-28-15-16)14-20(27-19)26-11-10-25-9-8-23/h7,12-13,15,17-18,20,23H,2-6,8-11,14H2,1H3. The number of hydrogen-bond donors (Lipinski definition) is 1. The summed E-state index contributed by atoms with van der Waals surface area (Å²) in [5.74, 6) is 0.427. The van der Waals surface area contributed by atoms with Crippen LogP contribution in [0.1, 0.15) is 50.0 Å². The number of ether oxygens (including phenoxy) is 3. The molecular formula is C21H31NO5S. The molecule has 6 nitrogen and oxygen atoms in total. The van der Waals surface area contributed by atoms with Crippen molar-refractivity contribution >= 4 is 17.2 Å². The Morgan fingerprint density at radius 1 is 1.29 bits per heavy atom. The van der Waals surface area contributed by atoms with E-state index >= 15 is 0 Å². The van der Waals surface area contributed by atoms with Crippen LogP contribution < -0.4 is 0 Å². The molecule has 1 N–H and O–H groups in total. The quantitative estimate of drug-likeness (QED) is 0.634. The first-order valence-corrected chi connectivity index (χ1v) is 11.1. The number of rotatable bonds is 9. The van der Waals surface area contributed by atoms with Gasteiger partial charge in [0.1, 0.15) is 0 Å². The molecule has 1 aliphatic carbocycles. The van der Waals surface area contributed by atoms with Gasteiger partial charge in [-0.25, -0.2) is 0 Å². The Kier molecular flexibility index (Phi) is 8.33. The zero-order valence-electron chi connectivity index (χ0n) is 16.5. The van der Waals surface area contributed by atoms with Gasteiger partial charge in [-0.1, -0.05) is 19.3 Å². The molecule has 156 valence electrons. The second kappa shape index (κ2) is 11.0. The van der Waals surface area contributed by atoms with Crippen molar-refractivity contribution in [2.45, 2.75) is 56.8 Å². The molecule has 0 saturated heterocycles. The number of aliphatic hydroxyl groups is 1. The molecule has 0 radical (unpaired) electrons. The Bertz CT molecular complexity index is 627. The Labute approximate surface area is 171 Å². The van der Waals surface area contributed by atoms with Crippen LogP contribution in [0.3, 0.4) is 0 Å². The third-order valence-corrected chi connectivity index (χ3v) is 6.15. The van der Waals surface area contributed by atoms with Crippen molar-refractivity contribution in [3.05, 3.63) is 34.2 Å². The Hall–Kier alpha value is -1.41. The molecule has 2 atom stereocenters. The average molecular weight is 410 g/mol. The number of carbonyl (C=O) groups excluding carboxylic acids is 1. The maximum absolute atomic E-state index is 13.1. The number of nitrogens with zero attached hydrogens (tertiary/aromatic N) is 1. The molecule has 0 spiro atoms. The third-order valence-electron chi connectivity index (χ3n) is 5.45. The van der Waals surface area contributed by atoms with Crippen LogP contribution in [0.5, 0.6) is 0 Å². The number of carbonyl (C=O) groups is 1. The van der Waals surface area contributed by atoms with Crippen LogP contribution in [0, 0.1) is 0 Å². The summed E-state index contributed by atoms with van der Waals surface area (Å²) < 4.78 is 17.0. The third kappa shape index (κ3) is 5.80. The van der Waals surface area contributed by atoms with E-state index in [2.05, 4.69) is 11.4 Å². The summed E-state index contributed by atoms with van der Waals surface area (Å²) in [5, 5.41) is 12.9. The second-order valence-electron chi connectivity index (χ2n) is 7.39. The first-order chi connectivity index (χ1) is 13.7. The van der Waals surface area contributed by atoms with Gasteiger partial charge in [-0.05, 0) is 41.3 Å². The monoisotopic (exact) mass is 409 g/mol. The lowest BCUT2D eigenvalue weighted by atomic mass is 9.93. The lowest BCUT2D eigenvalue weighted by Crippen LogP contribution is -2.41. The lowest BCUT2D eigenvalue weighted by Gasteiger charge is -2.34. The van der Waals surface area contributed by atoms with Crippen molar-refractivity contribution in [3.8, 4) is 0 Å². The molecule has 2 heterocycles. The highest BCUT2D eigenvalue weighted by Gasteiger charge is 2.32. The average Bonchev–Trinajstić information content (AvgIpc) is 3.28. The predicted molar refractivity (Wildman–Crippen MR) is 108 cm³/mol. The van der Waals surface area contributed by atoms with E-state index in [4.69, 9.17) is 19.3 Å². The SMILES string of the molecule is CN(C(=O)C1=CC(c2ccsc2)CC(OCCOCCO)O1)C1CCCCC1. The van der Waals surface area contributed by atoms with Crippen molar-refractivity contribution in [1.29, 1.82) is 0 Å². The van der Waals surface area contributed by atoms with Crippen LogP contribution in [-0.4, -0.2) is 61.7 Å². The minimum absolute atomic E-state index is 0.00491. The molecule has 3 rings (SSSR count). The summed E-state index contributed by atoms with van der Waals surface area (Å²) in [6.07, 6.45) is 7.88. The van der Waals surface area contributed by atoms with Crippen LogP contribution in [0.2, 0.25) is 0 Å². The zero-order chi connectivity index (χ0) is 19.8. The minimum Gasteiger partial charge on any atom is -0.459 e. The van der Waals surface area contributed by atoms with Gasteiger partial charge in [0.05, 0.1) is 26.4 Å². The van der Waals surface area contributed by atoms with Crippen molar-refractivity contribution in [2.75, 3.05) is 33.5 Å². The first-order valence-electron chi connectivity index (χ1n) is 10.2. The summed E-state index contributed by atoms with van der Waals surface area (Å²) in [7, 11) is 1.88. The largest absolute Gasteiger partial charge is 0.459 e. The number of hydrogen-bond acceptors (Lipinski definition) is 6. The van der Waals surface area contributed by atoms with E-state index in [1.807, 2.05) is 23.4 Å². The van der Waals surface area contributed by atoms with Gasteiger partial charge in [0.25, 0.3) is 5.91 Å². The van der Waals surface area contributed by atoms with E-state index in [1.54, 1.807) is 11.3 Å². The summed E-state index contributed by atoms with van der Waals surface area (Å²) >= 11 is 1.65. The fourth-order valence-corrected chi connectivity index (χ4v) is 4.57. The molecule has 2 unspecified atom stereocenters. The number of thiophene rings is 1. The van der Waals surface area contributed by atoms with Crippen LogP contribution in [0.15, 0.2) is 28.7 Å². The molecule has 7 heteroatoms. The second-order valence-corrected chi connectivity index (χ2v) is 8.17. The van der Waals surface area contributed by atoms with Gasteiger partial charge >= 0.3 is 0 Å². The molecule has 0 aromatic carbocycles. The van der Waals surface area contributed by atoms with Crippen molar-refractivity contribution in [2.24, 2.45) is 0 Å². The Balaban J connectivity index is 1.65. The van der Waals surface area contributed by atoms with Crippen LogP contribution in [0.4, 0.5) is 0 Å². The fourth-order valence-electron chi connectivity index (χ4n) is 3.84. The maximum atomic E-state index is 13.1. The van der Waals surface area contributed by atoms with Gasteiger partial charge in [-0.2, -0.15) is 11.3 Å². The van der Waals surface area contributed by atoms with Gasteiger partial charge in [0, 0.05) is 25.4 Å². The zero-order valence-corrected chi connectivity index (χ0v) is 17.4. The van der Waals surface area contributed by atoms with Crippen LogP contribution in [0.25, 0.3) is 0 Å². The topological polar surface area (TPSA) is 68.2 Å². The van der Waals surface area contributed by atoms with Gasteiger partial charge < -0.3 is 24.2 Å². The van der Waals surface area contributed by atoms with E-state index < -0.39 is 6.29 Å². The number of allylic oxidation sites excluding steroid dienone is 1. The molecule has 2 aliphatic rings. The van der Waals surface area contributed by atoms with E-state index in [0.717, 1.165) is 12.8 Å². The molecule has 1 amide bonds. The summed E-state index contributed by atoms with van der Waals surface area (Å²) in [6.45, 7) is 1.04. The van der Waals surface area contributed by atoms with E-state index in [-0.39, 0.29) is 18.4 Å². The molecular weight excluding hydrogens is 378 g/mol. The molecule has 1 aromatic heterocycles. The highest BCUT2D eigenvalue weighted by Crippen LogP contribution is 2.33. The molecule has 1 saturated carbocycles. The van der Waals surface area contributed by atoms with Crippen LogP contribution in [-0.2, 0) is 19.0 Å². The van der Waals surface area contributed by atoms with Gasteiger partial charge in [-0.3, -0.25) is 4.79 Å². The molecule has 28 heavy (non-hydrogen) atoms. The van der Waals surface area contributed by atoms with Crippen molar-refractivity contribution in [3.63, 3.8) is 0 Å². The predicted octanol–water partition coefficient (Wildman–Crippen LogP) is 3.28. The Morgan fingerprint density at radius 2 is 2.11 bits per heavy atom. The van der Waals surface area contributed by atoms with Crippen molar-refractivity contribution in [1.82, 2.24) is 4.90 Å². The molecule has 1 aliphatic heterocycles. The fraction of sp³-hybridized carbons (Fsp3) is 0.667. The molecule has 1 fully saturated rings. The minimum atomic E-state index is -0.480. The number of likely N-dealkylation sites (N-methyl/N-ethyl adjacent to an activating group) is 1. The smallest absolute Gasteiger partial charge is 0.288 e. The van der Waals surface area contributed by atoms with Gasteiger partial charge in [-0.15, -0.1) is 0 Å². The molecule has 0 bridgehead atoms. The van der Waals surface area contributed by atoms with E-state index in [0.29, 0.717) is 38.0 Å². The van der Waals surface area contributed by atoms with E-state index in [9.17, 15) is 4.79 Å². The lowest BCUT2D eigenvalue weighted by molar-refractivity contribution is -0.157. The summed E-state index contributed by atoms with van der Waals surface area (Å²) in [6, 6.07) is 2.38. The summed E-state index contributed by atoms with van der Waals surface area (Å²) in [5.41, 5.74) is 1.18. The Morgan fingerprint density at radius 3 is 2.82 bits per heavy atom. The van der Waals surface area contributed by atoms with Crippen LogP contribution >= 0.6 is 11.3 Å². The normalized spacial score (nSPS) is 23.1. The summed E-state index contributed by atoms with van der Waals surface area (Å²) in [4.78, 5) is 15.0. The number of amides is 1. The van der Waals surface area contributed by atoms with E-state index in [1.165, 1.54) is 24.8 Å². The first kappa shape index (κ1) is 21.3.